The van der Waals surface area contributed by atoms with E-state index in [1.54, 1.807) is 42.5 Å². The molecule has 0 radical (unpaired) electrons. The Hall–Kier alpha value is -2.82. The van der Waals surface area contributed by atoms with Gasteiger partial charge in [0, 0.05) is 28.6 Å². The molecule has 1 heterocycles. The van der Waals surface area contributed by atoms with Crippen LogP contribution >= 0.6 is 11.3 Å². The summed E-state index contributed by atoms with van der Waals surface area (Å²) in [5.74, 6) is 6.25. The molecule has 5 nitrogen and oxygen atoms in total. The largest absolute Gasteiger partial charge is 0.375 e. The highest BCUT2D eigenvalue weighted by Gasteiger charge is 2.14. The van der Waals surface area contributed by atoms with Gasteiger partial charge in [-0.2, -0.15) is 0 Å². The molecular weight excluding hydrogens is 414 g/mol. The van der Waals surface area contributed by atoms with E-state index >= 15 is 0 Å². The molecule has 3 aromatic rings. The van der Waals surface area contributed by atoms with Gasteiger partial charge in [0.15, 0.2) is 5.13 Å². The maximum Gasteiger partial charge on any atom is 0.261 e. The van der Waals surface area contributed by atoms with Crippen molar-refractivity contribution in [2.75, 3.05) is 10.5 Å². The van der Waals surface area contributed by atoms with Crippen molar-refractivity contribution in [2.24, 2.45) is 0 Å². The fourth-order valence-electron chi connectivity index (χ4n) is 2.90. The van der Waals surface area contributed by atoms with Crippen molar-refractivity contribution in [3.8, 4) is 23.1 Å². The second kappa shape index (κ2) is 10.3. The number of sulfonamides is 1. The van der Waals surface area contributed by atoms with E-state index in [-0.39, 0.29) is 4.90 Å². The molecule has 0 atom stereocenters. The quantitative estimate of drug-likeness (QED) is 0.358. The molecule has 0 unspecified atom stereocenters. The Bertz CT molecular complexity index is 1140. The summed E-state index contributed by atoms with van der Waals surface area (Å²) in [6.07, 6.45) is 5.61. The van der Waals surface area contributed by atoms with E-state index in [1.807, 2.05) is 11.4 Å². The van der Waals surface area contributed by atoms with Crippen LogP contribution in [0.15, 0.2) is 58.8 Å². The lowest BCUT2D eigenvalue weighted by atomic mass is 10.1. The summed E-state index contributed by atoms with van der Waals surface area (Å²) in [5.41, 5.74) is 8.49. The zero-order valence-electron chi connectivity index (χ0n) is 16.9. The summed E-state index contributed by atoms with van der Waals surface area (Å²) < 4.78 is 28.1. The van der Waals surface area contributed by atoms with Gasteiger partial charge < -0.3 is 5.73 Å². The highest BCUT2D eigenvalue weighted by atomic mass is 32.2. The Balaban J connectivity index is 1.67. The third-order valence-electron chi connectivity index (χ3n) is 4.49. The van der Waals surface area contributed by atoms with E-state index in [1.165, 1.54) is 30.6 Å². The monoisotopic (exact) mass is 439 g/mol. The number of nitrogens with zero attached hydrogens (tertiary/aromatic N) is 1. The van der Waals surface area contributed by atoms with E-state index < -0.39 is 10.0 Å². The third-order valence-corrected chi connectivity index (χ3v) is 6.56. The second-order valence-electron chi connectivity index (χ2n) is 6.89. The maximum absolute atomic E-state index is 12.7. The van der Waals surface area contributed by atoms with E-state index in [0.717, 1.165) is 29.7 Å². The smallest absolute Gasteiger partial charge is 0.261 e. The summed E-state index contributed by atoms with van der Waals surface area (Å²) in [4.78, 5) is 4.43. The number of thiazole rings is 1. The molecule has 0 saturated carbocycles. The first-order chi connectivity index (χ1) is 14.5. The van der Waals surface area contributed by atoms with Crippen molar-refractivity contribution in [2.45, 2.75) is 43.9 Å². The minimum absolute atomic E-state index is 0.194. The molecule has 3 rings (SSSR count). The van der Waals surface area contributed by atoms with Crippen LogP contribution in [0.2, 0.25) is 0 Å². The number of nitrogens with one attached hydrogen (secondary N) is 1. The van der Waals surface area contributed by atoms with Gasteiger partial charge in [-0.05, 0) is 42.8 Å². The second-order valence-corrected chi connectivity index (χ2v) is 9.47. The lowest BCUT2D eigenvalue weighted by Gasteiger charge is -2.09. The number of hydrogen-bond acceptors (Lipinski definition) is 5. The molecule has 0 fully saturated rings. The van der Waals surface area contributed by atoms with E-state index in [4.69, 9.17) is 5.73 Å². The molecule has 7 heteroatoms. The molecule has 0 amide bonds. The molecule has 0 bridgehead atoms. The molecule has 0 saturated heterocycles. The average molecular weight is 440 g/mol. The Morgan fingerprint density at radius 1 is 1.10 bits per heavy atom. The van der Waals surface area contributed by atoms with Gasteiger partial charge in [0.05, 0.1) is 10.6 Å². The van der Waals surface area contributed by atoms with Crippen LogP contribution in [0.4, 0.5) is 10.8 Å². The van der Waals surface area contributed by atoms with Crippen molar-refractivity contribution in [1.82, 2.24) is 4.98 Å². The summed E-state index contributed by atoms with van der Waals surface area (Å²) in [5, 5.41) is 2.31. The first kappa shape index (κ1) is 21.9. The van der Waals surface area contributed by atoms with E-state index in [2.05, 4.69) is 28.5 Å². The summed E-state index contributed by atoms with van der Waals surface area (Å²) in [7, 11) is -3.70. The number of aromatic nitrogens is 1. The molecule has 2 aromatic carbocycles. The van der Waals surface area contributed by atoms with Crippen molar-refractivity contribution < 1.29 is 8.42 Å². The zero-order chi connectivity index (χ0) is 21.4. The van der Waals surface area contributed by atoms with Gasteiger partial charge in [-0.1, -0.05) is 50.2 Å². The number of unbranched alkanes of at least 4 members (excludes halogenated alkanes) is 4. The zero-order valence-corrected chi connectivity index (χ0v) is 18.5. The molecule has 156 valence electrons. The van der Waals surface area contributed by atoms with Gasteiger partial charge in [0.2, 0.25) is 0 Å². The van der Waals surface area contributed by atoms with Gasteiger partial charge >= 0.3 is 0 Å². The van der Waals surface area contributed by atoms with Gasteiger partial charge in [-0.15, -0.1) is 11.3 Å². The first-order valence-electron chi connectivity index (χ1n) is 9.91. The molecule has 0 aliphatic carbocycles. The van der Waals surface area contributed by atoms with Crippen molar-refractivity contribution >= 4 is 32.2 Å². The standard InChI is InChI=1S/C23H25N3O2S2/c1-2-3-4-5-6-7-9-18-12-14-21(15-13-18)30(27,28)26-20-11-8-10-19(16-20)22-17-29-23(24)25-22/h8,10-17,26H,2-6H2,1H3,(H2,24,25). The van der Waals surface area contributed by atoms with Crippen LogP contribution in [0.5, 0.6) is 0 Å². The average Bonchev–Trinajstić information content (AvgIpc) is 3.17. The van der Waals surface area contributed by atoms with Gasteiger partial charge in [-0.3, -0.25) is 4.72 Å². The minimum atomic E-state index is -3.70. The minimum Gasteiger partial charge on any atom is -0.375 e. The predicted octanol–water partition coefficient (Wildman–Crippen LogP) is 5.52. The number of nitrogens with two attached hydrogens (primary N) is 1. The van der Waals surface area contributed by atoms with Crippen LogP contribution in [-0.4, -0.2) is 13.4 Å². The molecule has 0 aliphatic heterocycles. The number of hydrogen-bond donors (Lipinski definition) is 2. The Labute approximate surface area is 182 Å². The SMILES string of the molecule is CCCCCCC#Cc1ccc(S(=O)(=O)Nc2cccc(-c3csc(N)n3)c2)cc1. The molecule has 0 spiro atoms. The molecule has 3 N–H and O–H groups in total. The number of benzene rings is 2. The normalized spacial score (nSPS) is 11.0. The fourth-order valence-corrected chi connectivity index (χ4v) is 4.52. The van der Waals surface area contributed by atoms with Crippen LogP contribution in [0.3, 0.4) is 0 Å². The molecule has 1 aromatic heterocycles. The fraction of sp³-hybridized carbons (Fsp3) is 0.261. The third kappa shape index (κ3) is 6.09. The molecular formula is C23H25N3O2S2. The van der Waals surface area contributed by atoms with Crippen LogP contribution < -0.4 is 10.5 Å². The van der Waals surface area contributed by atoms with Gasteiger partial charge in [-0.25, -0.2) is 13.4 Å². The van der Waals surface area contributed by atoms with Crippen LogP contribution in [-0.2, 0) is 10.0 Å². The number of anilines is 2. The molecule has 30 heavy (non-hydrogen) atoms. The highest BCUT2D eigenvalue weighted by molar-refractivity contribution is 7.92. The topological polar surface area (TPSA) is 85.1 Å². The highest BCUT2D eigenvalue weighted by Crippen LogP contribution is 2.26. The van der Waals surface area contributed by atoms with E-state index in [9.17, 15) is 8.42 Å². The lowest BCUT2D eigenvalue weighted by Crippen LogP contribution is -2.12. The summed E-state index contributed by atoms with van der Waals surface area (Å²) in [6.45, 7) is 2.18. The van der Waals surface area contributed by atoms with Crippen LogP contribution in [0.1, 0.15) is 44.6 Å². The summed E-state index contributed by atoms with van der Waals surface area (Å²) in [6, 6.07) is 13.7. The predicted molar refractivity (Wildman–Crippen MR) is 125 cm³/mol. The van der Waals surface area contributed by atoms with Gasteiger partial charge in [0.25, 0.3) is 10.0 Å². The van der Waals surface area contributed by atoms with Crippen molar-refractivity contribution in [1.29, 1.82) is 0 Å². The Morgan fingerprint density at radius 2 is 1.90 bits per heavy atom. The lowest BCUT2D eigenvalue weighted by molar-refractivity contribution is 0.601. The van der Waals surface area contributed by atoms with Gasteiger partial charge in [0.1, 0.15) is 0 Å². The summed E-state index contributed by atoms with van der Waals surface area (Å²) >= 11 is 1.34. The van der Waals surface area contributed by atoms with Crippen molar-refractivity contribution in [3.63, 3.8) is 0 Å². The Kier molecular flexibility index (Phi) is 7.50. The van der Waals surface area contributed by atoms with Crippen LogP contribution in [0, 0.1) is 11.8 Å². The number of nitrogen functional groups attached to an aromatic ring is 1. The van der Waals surface area contributed by atoms with Crippen molar-refractivity contribution in [3.05, 3.63) is 59.5 Å². The number of rotatable bonds is 8. The van der Waals surface area contributed by atoms with Crippen LogP contribution in [0.25, 0.3) is 11.3 Å². The molecule has 0 aliphatic rings. The van der Waals surface area contributed by atoms with E-state index in [0.29, 0.717) is 10.8 Å². The maximum atomic E-state index is 12.7. The Morgan fingerprint density at radius 3 is 2.60 bits per heavy atom. The first-order valence-corrected chi connectivity index (χ1v) is 12.3.